The molecule has 3 heteroatoms. The fraction of sp³-hybridized carbons (Fsp3) is 0.0357. The number of aromatic nitrogens is 1. The van der Waals surface area contributed by atoms with E-state index >= 15 is 0 Å². The van der Waals surface area contributed by atoms with Crippen LogP contribution in [0.2, 0.25) is 0 Å². The molecule has 0 saturated carbocycles. The molecule has 5 aromatic rings. The molecule has 0 atom stereocenters. The maximum atomic E-state index is 4.53. The van der Waals surface area contributed by atoms with E-state index < -0.39 is 7.26 Å². The first-order chi connectivity index (χ1) is 15.3. The smallest absolute Gasteiger partial charge is 0.116 e. The highest BCUT2D eigenvalue weighted by atomic mass is 79.9. The summed E-state index contributed by atoms with van der Waals surface area (Å²) in [6.45, 7) is 0. The van der Waals surface area contributed by atoms with E-state index in [9.17, 15) is 0 Å². The standard InChI is InChI=1S/C28H22BrNP/c29-28-22(18-19-27-26(28)17-10-20-30-27)21-31(23-11-4-1-5-12-23,24-13-6-2-7-14-24)25-15-8-3-9-16-25/h1-20H,21H2/q+1. The summed E-state index contributed by atoms with van der Waals surface area (Å²) < 4.78 is 1.14. The fourth-order valence-corrected chi connectivity index (χ4v) is 9.39. The summed E-state index contributed by atoms with van der Waals surface area (Å²) in [5.74, 6) is 0. The molecule has 0 aliphatic carbocycles. The second-order valence-corrected chi connectivity index (χ2v) is 11.9. The predicted octanol–water partition coefficient (Wildman–Crippen LogP) is 6.49. The van der Waals surface area contributed by atoms with Crippen LogP contribution in [0.25, 0.3) is 10.9 Å². The van der Waals surface area contributed by atoms with E-state index in [0.29, 0.717) is 0 Å². The number of halogens is 1. The van der Waals surface area contributed by atoms with E-state index in [1.807, 2.05) is 12.3 Å². The van der Waals surface area contributed by atoms with Crippen LogP contribution < -0.4 is 15.9 Å². The Morgan fingerprint density at radius 2 is 1.10 bits per heavy atom. The lowest BCUT2D eigenvalue weighted by molar-refractivity contribution is 1.35. The first-order valence-electron chi connectivity index (χ1n) is 10.4. The minimum absolute atomic E-state index is 0.941. The highest BCUT2D eigenvalue weighted by Gasteiger charge is 2.45. The number of rotatable bonds is 5. The summed E-state index contributed by atoms with van der Waals surface area (Å²) in [5.41, 5.74) is 2.33. The third kappa shape index (κ3) is 3.71. The van der Waals surface area contributed by atoms with Crippen molar-refractivity contribution in [3.63, 3.8) is 0 Å². The Balaban J connectivity index is 1.80. The number of fused-ring (bicyclic) bond motifs is 1. The number of pyridine rings is 1. The average Bonchev–Trinajstić information content (AvgIpc) is 2.86. The van der Waals surface area contributed by atoms with Gasteiger partial charge in [0.25, 0.3) is 0 Å². The summed E-state index contributed by atoms with van der Waals surface area (Å²) in [5, 5.41) is 5.34. The molecule has 0 aliphatic rings. The quantitative estimate of drug-likeness (QED) is 0.261. The molecule has 1 nitrogen and oxygen atoms in total. The molecule has 0 amide bonds. The van der Waals surface area contributed by atoms with Crippen LogP contribution >= 0.6 is 23.2 Å². The molecule has 0 N–H and O–H groups in total. The van der Waals surface area contributed by atoms with Gasteiger partial charge in [0, 0.05) is 21.6 Å². The van der Waals surface area contributed by atoms with Crippen LogP contribution in [-0.2, 0) is 6.16 Å². The van der Waals surface area contributed by atoms with Crippen molar-refractivity contribution in [3.8, 4) is 0 Å². The van der Waals surface area contributed by atoms with Gasteiger partial charge in [-0.1, -0.05) is 66.7 Å². The number of hydrogen-bond donors (Lipinski definition) is 0. The molecule has 0 unspecified atom stereocenters. The minimum atomic E-state index is -1.93. The van der Waals surface area contributed by atoms with Gasteiger partial charge >= 0.3 is 0 Å². The molecular formula is C28H22BrNP+. The summed E-state index contributed by atoms with van der Waals surface area (Å²) in [6.07, 6.45) is 2.79. The van der Waals surface area contributed by atoms with Gasteiger partial charge in [0.15, 0.2) is 0 Å². The number of benzene rings is 4. The van der Waals surface area contributed by atoms with Gasteiger partial charge in [0.05, 0.1) is 11.7 Å². The Hall–Kier alpha value is -2.80. The summed E-state index contributed by atoms with van der Waals surface area (Å²) in [7, 11) is -1.93. The Labute approximate surface area is 192 Å². The average molecular weight is 483 g/mol. The molecule has 0 bridgehead atoms. The van der Waals surface area contributed by atoms with E-state index in [2.05, 4.69) is 130 Å². The molecule has 5 rings (SSSR count). The van der Waals surface area contributed by atoms with Crippen LogP contribution in [0.3, 0.4) is 0 Å². The van der Waals surface area contributed by atoms with Crippen molar-refractivity contribution in [2.75, 3.05) is 0 Å². The number of nitrogens with zero attached hydrogens (tertiary/aromatic N) is 1. The summed E-state index contributed by atoms with van der Waals surface area (Å²) >= 11 is 3.93. The van der Waals surface area contributed by atoms with E-state index in [4.69, 9.17) is 0 Å². The molecule has 0 saturated heterocycles. The Bertz CT molecular complexity index is 1210. The van der Waals surface area contributed by atoms with Crippen LogP contribution in [0.15, 0.2) is 126 Å². The van der Waals surface area contributed by atoms with Crippen molar-refractivity contribution in [2.45, 2.75) is 6.16 Å². The largest absolute Gasteiger partial charge is 0.256 e. The van der Waals surface area contributed by atoms with Crippen molar-refractivity contribution < 1.29 is 0 Å². The minimum Gasteiger partial charge on any atom is -0.256 e. The van der Waals surface area contributed by atoms with Gasteiger partial charge in [-0.05, 0) is 64.5 Å². The normalized spacial score (nSPS) is 11.5. The van der Waals surface area contributed by atoms with Crippen molar-refractivity contribution in [1.82, 2.24) is 4.98 Å². The van der Waals surface area contributed by atoms with E-state index in [0.717, 1.165) is 21.5 Å². The maximum Gasteiger partial charge on any atom is 0.116 e. The predicted molar refractivity (Wildman–Crippen MR) is 138 cm³/mol. The number of hydrogen-bond acceptors (Lipinski definition) is 1. The zero-order chi connectivity index (χ0) is 21.1. The first kappa shape index (κ1) is 20.1. The van der Waals surface area contributed by atoms with Gasteiger partial charge in [0.1, 0.15) is 23.2 Å². The zero-order valence-corrected chi connectivity index (χ0v) is 19.5. The van der Waals surface area contributed by atoms with Gasteiger partial charge in [0.2, 0.25) is 0 Å². The third-order valence-electron chi connectivity index (χ3n) is 5.80. The van der Waals surface area contributed by atoms with Crippen molar-refractivity contribution in [3.05, 3.63) is 131 Å². The molecule has 0 fully saturated rings. The van der Waals surface area contributed by atoms with Gasteiger partial charge in [-0.2, -0.15) is 0 Å². The SMILES string of the molecule is Brc1c(C[P+](c2ccccc2)(c2ccccc2)c2ccccc2)ccc2ncccc12. The molecule has 0 aliphatic heterocycles. The Morgan fingerprint density at radius 3 is 1.61 bits per heavy atom. The second kappa shape index (κ2) is 8.75. The maximum absolute atomic E-state index is 4.53. The summed E-state index contributed by atoms with van der Waals surface area (Å²) in [6, 6.07) is 41.6. The molecule has 31 heavy (non-hydrogen) atoms. The van der Waals surface area contributed by atoms with Crippen molar-refractivity contribution >= 4 is 50.0 Å². The Morgan fingerprint density at radius 1 is 0.581 bits per heavy atom. The summed E-state index contributed by atoms with van der Waals surface area (Å²) in [4.78, 5) is 4.53. The lowest BCUT2D eigenvalue weighted by Gasteiger charge is -2.28. The molecule has 150 valence electrons. The van der Waals surface area contributed by atoms with E-state index in [1.54, 1.807) is 0 Å². The van der Waals surface area contributed by atoms with Crippen molar-refractivity contribution in [1.29, 1.82) is 0 Å². The molecule has 0 radical (unpaired) electrons. The van der Waals surface area contributed by atoms with E-state index in [-0.39, 0.29) is 0 Å². The molecular weight excluding hydrogens is 461 g/mol. The van der Waals surface area contributed by atoms with Crippen LogP contribution in [0.5, 0.6) is 0 Å². The van der Waals surface area contributed by atoms with Gasteiger partial charge in [-0.15, -0.1) is 0 Å². The topological polar surface area (TPSA) is 12.9 Å². The van der Waals surface area contributed by atoms with E-state index in [1.165, 1.54) is 21.5 Å². The van der Waals surface area contributed by atoms with Crippen molar-refractivity contribution in [2.24, 2.45) is 0 Å². The molecule has 0 spiro atoms. The van der Waals surface area contributed by atoms with Crippen LogP contribution in [-0.4, -0.2) is 4.98 Å². The van der Waals surface area contributed by atoms with Gasteiger partial charge < -0.3 is 0 Å². The molecule has 1 aromatic heterocycles. The lowest BCUT2D eigenvalue weighted by Crippen LogP contribution is -2.32. The van der Waals surface area contributed by atoms with Crippen LogP contribution in [0.4, 0.5) is 0 Å². The molecule has 1 heterocycles. The Kier molecular flexibility index (Phi) is 5.68. The zero-order valence-electron chi connectivity index (χ0n) is 17.0. The highest BCUT2D eigenvalue weighted by molar-refractivity contribution is 9.10. The van der Waals surface area contributed by atoms with Gasteiger partial charge in [-0.3, -0.25) is 4.98 Å². The van der Waals surface area contributed by atoms with Crippen LogP contribution in [0, 0.1) is 0 Å². The first-order valence-corrected chi connectivity index (χ1v) is 13.1. The fourth-order valence-electron chi connectivity index (χ4n) is 4.31. The second-order valence-electron chi connectivity index (χ2n) is 7.58. The molecule has 4 aromatic carbocycles. The van der Waals surface area contributed by atoms with Crippen LogP contribution in [0.1, 0.15) is 5.56 Å². The van der Waals surface area contributed by atoms with Gasteiger partial charge in [-0.25, -0.2) is 0 Å². The lowest BCUT2D eigenvalue weighted by atomic mass is 10.1. The highest BCUT2D eigenvalue weighted by Crippen LogP contribution is 2.59. The monoisotopic (exact) mass is 482 g/mol. The third-order valence-corrected chi connectivity index (χ3v) is 11.1.